The zero-order chi connectivity index (χ0) is 19.5. The van der Waals surface area contributed by atoms with E-state index in [2.05, 4.69) is 10.6 Å². The van der Waals surface area contributed by atoms with Crippen LogP contribution in [0.4, 0.5) is 11.4 Å². The molecular weight excluding hydrogens is 356 g/mol. The second-order valence-corrected chi connectivity index (χ2v) is 6.37. The standard InChI is InChI=1S/C22H18N2O4/c1-14-7-9-17(23-21(25)15-5-3-2-4-6-15)12-18(14)24-22(26)16-8-10-19-20(11-16)28-13-27-19/h2-12H,13H2,1H3,(H,23,25)(H,24,26). The number of amides is 2. The molecule has 28 heavy (non-hydrogen) atoms. The Kier molecular flexibility index (Phi) is 4.68. The van der Waals surface area contributed by atoms with Crippen molar-refractivity contribution in [3.05, 3.63) is 83.4 Å². The second kappa shape index (κ2) is 7.44. The third kappa shape index (κ3) is 3.66. The number of fused-ring (bicyclic) bond motifs is 1. The molecule has 0 atom stereocenters. The first-order chi connectivity index (χ1) is 13.6. The lowest BCUT2D eigenvalue weighted by atomic mass is 10.1. The van der Waals surface area contributed by atoms with E-state index in [9.17, 15) is 9.59 Å². The van der Waals surface area contributed by atoms with Crippen LogP contribution >= 0.6 is 0 Å². The number of carbonyl (C=O) groups is 2. The molecule has 0 saturated carbocycles. The van der Waals surface area contributed by atoms with Crippen molar-refractivity contribution >= 4 is 23.2 Å². The van der Waals surface area contributed by atoms with Crippen molar-refractivity contribution in [2.24, 2.45) is 0 Å². The Balaban J connectivity index is 1.51. The van der Waals surface area contributed by atoms with Gasteiger partial charge in [-0.05, 0) is 55.0 Å². The quantitative estimate of drug-likeness (QED) is 0.717. The Morgan fingerprint density at radius 3 is 2.36 bits per heavy atom. The van der Waals surface area contributed by atoms with Crippen molar-refractivity contribution in [1.29, 1.82) is 0 Å². The minimum absolute atomic E-state index is 0.155. The Labute approximate surface area is 162 Å². The molecule has 0 aromatic heterocycles. The van der Waals surface area contributed by atoms with Crippen molar-refractivity contribution in [3.63, 3.8) is 0 Å². The van der Waals surface area contributed by atoms with E-state index in [0.29, 0.717) is 34.0 Å². The van der Waals surface area contributed by atoms with Gasteiger partial charge in [0, 0.05) is 22.5 Å². The number of carbonyl (C=O) groups excluding carboxylic acids is 2. The predicted molar refractivity (Wildman–Crippen MR) is 106 cm³/mol. The van der Waals surface area contributed by atoms with Crippen LogP contribution in [0.25, 0.3) is 0 Å². The molecule has 1 heterocycles. The predicted octanol–water partition coefficient (Wildman–Crippen LogP) is 4.23. The lowest BCUT2D eigenvalue weighted by Gasteiger charge is -2.12. The van der Waals surface area contributed by atoms with Crippen LogP contribution in [0.5, 0.6) is 11.5 Å². The topological polar surface area (TPSA) is 76.7 Å². The molecule has 0 bridgehead atoms. The molecular formula is C22H18N2O4. The summed E-state index contributed by atoms with van der Waals surface area (Å²) in [5.74, 6) is 0.692. The minimum atomic E-state index is -0.270. The number of ether oxygens (including phenoxy) is 2. The van der Waals surface area contributed by atoms with E-state index < -0.39 is 0 Å². The van der Waals surface area contributed by atoms with Gasteiger partial charge in [-0.15, -0.1) is 0 Å². The van der Waals surface area contributed by atoms with Gasteiger partial charge in [0.1, 0.15) is 0 Å². The highest BCUT2D eigenvalue weighted by molar-refractivity contribution is 6.07. The van der Waals surface area contributed by atoms with E-state index in [4.69, 9.17) is 9.47 Å². The summed E-state index contributed by atoms with van der Waals surface area (Å²) in [6.07, 6.45) is 0. The van der Waals surface area contributed by atoms with E-state index in [0.717, 1.165) is 5.56 Å². The first-order valence-electron chi connectivity index (χ1n) is 8.78. The molecule has 3 aromatic rings. The summed E-state index contributed by atoms with van der Waals surface area (Å²) in [6.45, 7) is 2.04. The largest absolute Gasteiger partial charge is 0.454 e. The molecule has 0 radical (unpaired) electrons. The average molecular weight is 374 g/mol. The molecule has 0 aliphatic carbocycles. The van der Waals surface area contributed by atoms with Gasteiger partial charge in [-0.1, -0.05) is 24.3 Å². The van der Waals surface area contributed by atoms with Crippen molar-refractivity contribution in [2.45, 2.75) is 6.92 Å². The van der Waals surface area contributed by atoms with Crippen LogP contribution in [0.15, 0.2) is 66.7 Å². The normalized spacial score (nSPS) is 11.8. The number of rotatable bonds is 4. The minimum Gasteiger partial charge on any atom is -0.454 e. The summed E-state index contributed by atoms with van der Waals surface area (Å²) in [5, 5.41) is 5.73. The van der Waals surface area contributed by atoms with E-state index in [-0.39, 0.29) is 18.6 Å². The van der Waals surface area contributed by atoms with Crippen molar-refractivity contribution in [2.75, 3.05) is 17.4 Å². The van der Waals surface area contributed by atoms with Crippen LogP contribution < -0.4 is 20.1 Å². The monoisotopic (exact) mass is 374 g/mol. The van der Waals surface area contributed by atoms with Gasteiger partial charge in [0.25, 0.3) is 11.8 Å². The first-order valence-corrected chi connectivity index (χ1v) is 8.78. The zero-order valence-electron chi connectivity index (χ0n) is 15.2. The molecule has 0 saturated heterocycles. The molecule has 140 valence electrons. The van der Waals surface area contributed by atoms with Gasteiger partial charge in [0.15, 0.2) is 11.5 Å². The van der Waals surface area contributed by atoms with Crippen molar-refractivity contribution in [1.82, 2.24) is 0 Å². The van der Waals surface area contributed by atoms with E-state index in [1.54, 1.807) is 54.6 Å². The van der Waals surface area contributed by atoms with Gasteiger partial charge in [-0.25, -0.2) is 0 Å². The van der Waals surface area contributed by atoms with Gasteiger partial charge >= 0.3 is 0 Å². The van der Waals surface area contributed by atoms with E-state index >= 15 is 0 Å². The molecule has 6 nitrogen and oxygen atoms in total. The van der Waals surface area contributed by atoms with Crippen LogP contribution in [0.3, 0.4) is 0 Å². The van der Waals surface area contributed by atoms with Gasteiger partial charge < -0.3 is 20.1 Å². The maximum atomic E-state index is 12.6. The number of nitrogens with one attached hydrogen (secondary N) is 2. The van der Waals surface area contributed by atoms with E-state index in [1.807, 2.05) is 19.1 Å². The Bertz CT molecular complexity index is 1050. The van der Waals surface area contributed by atoms with Gasteiger partial charge in [0.2, 0.25) is 6.79 Å². The van der Waals surface area contributed by atoms with Crippen LogP contribution in [-0.4, -0.2) is 18.6 Å². The molecule has 1 aliphatic heterocycles. The molecule has 6 heteroatoms. The van der Waals surface area contributed by atoms with Crippen LogP contribution in [0, 0.1) is 6.92 Å². The third-order valence-corrected chi connectivity index (χ3v) is 4.41. The number of hydrogen-bond acceptors (Lipinski definition) is 4. The second-order valence-electron chi connectivity index (χ2n) is 6.37. The van der Waals surface area contributed by atoms with Crippen LogP contribution in [-0.2, 0) is 0 Å². The molecule has 2 amide bonds. The highest BCUT2D eigenvalue weighted by Crippen LogP contribution is 2.33. The smallest absolute Gasteiger partial charge is 0.255 e. The third-order valence-electron chi connectivity index (χ3n) is 4.41. The fraction of sp³-hybridized carbons (Fsp3) is 0.0909. The lowest BCUT2D eigenvalue weighted by molar-refractivity contribution is 0.101. The summed E-state index contributed by atoms with van der Waals surface area (Å²) in [6, 6.07) is 19.4. The maximum absolute atomic E-state index is 12.6. The molecule has 1 aliphatic rings. The summed E-state index contributed by atoms with van der Waals surface area (Å²) < 4.78 is 10.6. The molecule has 0 spiro atoms. The number of anilines is 2. The van der Waals surface area contributed by atoms with Crippen molar-refractivity contribution < 1.29 is 19.1 Å². The maximum Gasteiger partial charge on any atom is 0.255 e. The zero-order valence-corrected chi connectivity index (χ0v) is 15.2. The highest BCUT2D eigenvalue weighted by Gasteiger charge is 2.17. The van der Waals surface area contributed by atoms with Crippen LogP contribution in [0.1, 0.15) is 26.3 Å². The highest BCUT2D eigenvalue weighted by atomic mass is 16.7. The molecule has 0 unspecified atom stereocenters. The summed E-state index contributed by atoms with van der Waals surface area (Å²) in [7, 11) is 0. The fourth-order valence-corrected chi connectivity index (χ4v) is 2.86. The Morgan fingerprint density at radius 1 is 0.786 bits per heavy atom. The van der Waals surface area contributed by atoms with E-state index in [1.165, 1.54) is 0 Å². The van der Waals surface area contributed by atoms with Crippen LogP contribution in [0.2, 0.25) is 0 Å². The Hall–Kier alpha value is -3.80. The molecule has 4 rings (SSSR count). The molecule has 3 aromatic carbocycles. The summed E-state index contributed by atoms with van der Waals surface area (Å²) >= 11 is 0. The summed E-state index contributed by atoms with van der Waals surface area (Å²) in [5.41, 5.74) is 3.12. The average Bonchev–Trinajstić information content (AvgIpc) is 3.19. The lowest BCUT2D eigenvalue weighted by Crippen LogP contribution is -2.14. The first kappa shape index (κ1) is 17.6. The molecule has 0 fully saturated rings. The van der Waals surface area contributed by atoms with Gasteiger partial charge in [-0.3, -0.25) is 9.59 Å². The number of hydrogen-bond donors (Lipinski definition) is 2. The van der Waals surface area contributed by atoms with Gasteiger partial charge in [0.05, 0.1) is 0 Å². The number of benzene rings is 3. The SMILES string of the molecule is Cc1ccc(NC(=O)c2ccccc2)cc1NC(=O)c1ccc2c(c1)OCO2. The number of aryl methyl sites for hydroxylation is 1. The Morgan fingerprint density at radius 2 is 1.54 bits per heavy atom. The van der Waals surface area contributed by atoms with Crippen molar-refractivity contribution in [3.8, 4) is 11.5 Å². The van der Waals surface area contributed by atoms with Gasteiger partial charge in [-0.2, -0.15) is 0 Å². The molecule has 2 N–H and O–H groups in total. The summed E-state index contributed by atoms with van der Waals surface area (Å²) in [4.78, 5) is 25.0. The fourth-order valence-electron chi connectivity index (χ4n) is 2.86.